The number of amides is 1. The van der Waals surface area contributed by atoms with E-state index in [9.17, 15) is 4.79 Å². The zero-order chi connectivity index (χ0) is 19.6. The summed E-state index contributed by atoms with van der Waals surface area (Å²) >= 11 is 5.94. The third kappa shape index (κ3) is 4.22. The van der Waals surface area contributed by atoms with Crippen LogP contribution in [0.2, 0.25) is 5.02 Å². The summed E-state index contributed by atoms with van der Waals surface area (Å²) in [5.74, 6) is -0.126. The minimum Gasteiger partial charge on any atom is -0.321 e. The van der Waals surface area contributed by atoms with E-state index in [1.165, 1.54) is 17.3 Å². The van der Waals surface area contributed by atoms with Crippen molar-refractivity contribution in [2.45, 2.75) is 46.7 Å². The number of aromatic nitrogens is 4. The van der Waals surface area contributed by atoms with Crippen LogP contribution in [0.25, 0.3) is 0 Å². The molecule has 2 aromatic heterocycles. The summed E-state index contributed by atoms with van der Waals surface area (Å²) in [6.07, 6.45) is 3.81. The van der Waals surface area contributed by atoms with Crippen LogP contribution in [0.4, 0.5) is 5.69 Å². The molecular weight excluding hydrogens is 362 g/mol. The Morgan fingerprint density at radius 2 is 2.07 bits per heavy atom. The van der Waals surface area contributed by atoms with E-state index in [1.54, 1.807) is 10.9 Å². The van der Waals surface area contributed by atoms with Crippen LogP contribution in [0, 0.1) is 20.8 Å². The van der Waals surface area contributed by atoms with Gasteiger partial charge in [-0.05, 0) is 32.8 Å². The van der Waals surface area contributed by atoms with Gasteiger partial charge in [0.1, 0.15) is 6.04 Å². The largest absolute Gasteiger partial charge is 0.321 e. The molecule has 142 valence electrons. The van der Waals surface area contributed by atoms with E-state index in [4.69, 9.17) is 11.6 Å². The van der Waals surface area contributed by atoms with Gasteiger partial charge in [-0.25, -0.2) is 0 Å². The molecule has 7 heteroatoms. The molecule has 0 aliphatic rings. The predicted octanol–water partition coefficient (Wildman–Crippen LogP) is 4.30. The maximum Gasteiger partial charge on any atom is 0.249 e. The molecule has 0 fully saturated rings. The van der Waals surface area contributed by atoms with Gasteiger partial charge in [-0.2, -0.15) is 10.2 Å². The van der Waals surface area contributed by atoms with Crippen molar-refractivity contribution in [3.05, 3.63) is 64.2 Å². The number of aryl methyl sites for hydroxylation is 2. The van der Waals surface area contributed by atoms with E-state index < -0.39 is 6.04 Å². The Labute approximate surface area is 164 Å². The highest BCUT2D eigenvalue weighted by Gasteiger charge is 2.22. The summed E-state index contributed by atoms with van der Waals surface area (Å²) in [6, 6.07) is 7.92. The monoisotopic (exact) mass is 385 g/mol. The van der Waals surface area contributed by atoms with Crippen LogP contribution < -0.4 is 5.32 Å². The van der Waals surface area contributed by atoms with E-state index in [1.807, 2.05) is 31.5 Å². The van der Waals surface area contributed by atoms with Gasteiger partial charge >= 0.3 is 0 Å². The Balaban J connectivity index is 1.80. The molecule has 27 heavy (non-hydrogen) atoms. The van der Waals surface area contributed by atoms with E-state index >= 15 is 0 Å². The van der Waals surface area contributed by atoms with Gasteiger partial charge in [-0.1, -0.05) is 48.4 Å². The highest BCUT2D eigenvalue weighted by Crippen LogP contribution is 2.23. The number of nitrogens with one attached hydrogen (secondary N) is 1. The first-order valence-corrected chi connectivity index (χ1v) is 9.37. The van der Waals surface area contributed by atoms with Crippen molar-refractivity contribution in [1.29, 1.82) is 0 Å². The topological polar surface area (TPSA) is 64.7 Å². The number of hydrogen-bond donors (Lipinski definition) is 1. The number of halogens is 1. The summed E-state index contributed by atoms with van der Waals surface area (Å²) in [4.78, 5) is 12.8. The van der Waals surface area contributed by atoms with E-state index in [-0.39, 0.29) is 5.91 Å². The zero-order valence-electron chi connectivity index (χ0n) is 16.0. The molecule has 0 aliphatic heterocycles. The molecular formula is C20H24ClN5O. The van der Waals surface area contributed by atoms with Gasteiger partial charge in [0.05, 0.1) is 34.8 Å². The van der Waals surface area contributed by atoms with Crippen LogP contribution >= 0.6 is 11.6 Å². The Bertz CT molecular complexity index is 959. The number of carbonyl (C=O) groups is 1. The number of rotatable bonds is 6. The minimum absolute atomic E-state index is 0.126. The maximum absolute atomic E-state index is 12.8. The number of anilines is 1. The SMILES string of the molecule is CCC(C(=O)Nc1c(C)nn(Cc2cccc(C)c2)c1C)n1cc(Cl)cn1. The van der Waals surface area contributed by atoms with Gasteiger partial charge in [0, 0.05) is 6.20 Å². The van der Waals surface area contributed by atoms with Crippen LogP contribution in [-0.4, -0.2) is 25.5 Å². The molecule has 0 saturated heterocycles. The summed E-state index contributed by atoms with van der Waals surface area (Å²) in [6.45, 7) is 8.55. The van der Waals surface area contributed by atoms with Crippen LogP contribution in [-0.2, 0) is 11.3 Å². The fourth-order valence-electron chi connectivity index (χ4n) is 3.20. The first kappa shape index (κ1) is 19.2. The normalized spacial score (nSPS) is 12.2. The number of hydrogen-bond acceptors (Lipinski definition) is 3. The standard InChI is InChI=1S/C20H24ClN5O/c1-5-18(26-12-17(21)10-22-26)20(27)23-19-14(3)24-25(15(19)4)11-16-8-6-7-13(2)9-16/h6-10,12,18H,5,11H2,1-4H3,(H,23,27). The molecule has 6 nitrogen and oxygen atoms in total. The van der Waals surface area contributed by atoms with Gasteiger partial charge in [0.2, 0.25) is 5.91 Å². The number of carbonyl (C=O) groups excluding carboxylic acids is 1. The van der Waals surface area contributed by atoms with Gasteiger partial charge < -0.3 is 5.32 Å². The molecule has 3 aromatic rings. The number of benzene rings is 1. The van der Waals surface area contributed by atoms with Crippen LogP contribution in [0.15, 0.2) is 36.7 Å². The second kappa shape index (κ2) is 7.96. The van der Waals surface area contributed by atoms with Crippen LogP contribution in [0.5, 0.6) is 0 Å². The Morgan fingerprint density at radius 3 is 2.70 bits per heavy atom. The number of nitrogens with zero attached hydrogens (tertiary/aromatic N) is 4. The molecule has 1 aromatic carbocycles. The molecule has 0 aliphatic carbocycles. The van der Waals surface area contributed by atoms with Crippen molar-refractivity contribution in [3.8, 4) is 0 Å². The summed E-state index contributed by atoms with van der Waals surface area (Å²) in [5, 5.41) is 12.3. The summed E-state index contributed by atoms with van der Waals surface area (Å²) in [5.41, 5.74) is 4.87. The second-order valence-electron chi connectivity index (χ2n) is 6.74. The van der Waals surface area contributed by atoms with Gasteiger partial charge in [0.25, 0.3) is 0 Å². The van der Waals surface area contributed by atoms with Gasteiger partial charge in [-0.15, -0.1) is 0 Å². The van der Waals surface area contributed by atoms with Crippen molar-refractivity contribution < 1.29 is 4.79 Å². The highest BCUT2D eigenvalue weighted by atomic mass is 35.5. The molecule has 3 rings (SSSR count). The summed E-state index contributed by atoms with van der Waals surface area (Å²) in [7, 11) is 0. The van der Waals surface area contributed by atoms with E-state index in [0.717, 1.165) is 17.1 Å². The van der Waals surface area contributed by atoms with Crippen molar-refractivity contribution in [3.63, 3.8) is 0 Å². The van der Waals surface area contributed by atoms with Crippen molar-refractivity contribution in [1.82, 2.24) is 19.6 Å². The Kier molecular flexibility index (Phi) is 5.65. The molecule has 1 N–H and O–H groups in total. The predicted molar refractivity (Wildman–Crippen MR) is 107 cm³/mol. The molecule has 0 radical (unpaired) electrons. The van der Waals surface area contributed by atoms with Crippen LogP contribution in [0.1, 0.15) is 41.9 Å². The second-order valence-corrected chi connectivity index (χ2v) is 7.18. The van der Waals surface area contributed by atoms with Crippen molar-refractivity contribution in [2.75, 3.05) is 5.32 Å². The van der Waals surface area contributed by atoms with Crippen molar-refractivity contribution in [2.24, 2.45) is 0 Å². The molecule has 2 heterocycles. The third-order valence-corrected chi connectivity index (χ3v) is 4.82. The smallest absolute Gasteiger partial charge is 0.249 e. The quantitative estimate of drug-likeness (QED) is 0.688. The third-order valence-electron chi connectivity index (χ3n) is 4.62. The molecule has 1 amide bonds. The fourth-order valence-corrected chi connectivity index (χ4v) is 3.34. The molecule has 0 saturated carbocycles. The maximum atomic E-state index is 12.8. The molecule has 1 atom stereocenters. The lowest BCUT2D eigenvalue weighted by molar-refractivity contribution is -0.119. The Morgan fingerprint density at radius 1 is 1.30 bits per heavy atom. The van der Waals surface area contributed by atoms with Gasteiger partial charge in [-0.3, -0.25) is 14.2 Å². The summed E-state index contributed by atoms with van der Waals surface area (Å²) < 4.78 is 3.52. The first-order chi connectivity index (χ1) is 12.9. The van der Waals surface area contributed by atoms with E-state index in [2.05, 4.69) is 40.6 Å². The Hall–Kier alpha value is -2.60. The lowest BCUT2D eigenvalue weighted by atomic mass is 10.1. The van der Waals surface area contributed by atoms with E-state index in [0.29, 0.717) is 18.0 Å². The van der Waals surface area contributed by atoms with Crippen LogP contribution in [0.3, 0.4) is 0 Å². The highest BCUT2D eigenvalue weighted by molar-refractivity contribution is 6.30. The molecule has 0 spiro atoms. The average Bonchev–Trinajstić information content (AvgIpc) is 3.14. The fraction of sp³-hybridized carbons (Fsp3) is 0.350. The zero-order valence-corrected chi connectivity index (χ0v) is 16.8. The molecule has 0 bridgehead atoms. The van der Waals surface area contributed by atoms with Gasteiger partial charge in [0.15, 0.2) is 0 Å². The molecule has 1 unspecified atom stereocenters. The minimum atomic E-state index is -0.420. The van der Waals surface area contributed by atoms with Crippen molar-refractivity contribution >= 4 is 23.2 Å². The lowest BCUT2D eigenvalue weighted by Gasteiger charge is -2.15. The first-order valence-electron chi connectivity index (χ1n) is 8.99. The average molecular weight is 386 g/mol. The lowest BCUT2D eigenvalue weighted by Crippen LogP contribution is -2.26.